The molecule has 0 saturated carbocycles. The van der Waals surface area contributed by atoms with Crippen LogP contribution in [0.2, 0.25) is 0 Å². The summed E-state index contributed by atoms with van der Waals surface area (Å²) in [5.41, 5.74) is 0. The summed E-state index contributed by atoms with van der Waals surface area (Å²) in [5.74, 6) is -1.04. The van der Waals surface area contributed by atoms with Crippen LogP contribution in [0.1, 0.15) is 6.42 Å². The molecule has 1 amide bonds. The monoisotopic (exact) mass is 186 g/mol. The second-order valence-corrected chi connectivity index (χ2v) is 3.30. The van der Waals surface area contributed by atoms with E-state index in [0.717, 1.165) is 13.0 Å². The summed E-state index contributed by atoms with van der Waals surface area (Å²) in [4.78, 5) is 25.1. The Kier molecular flexibility index (Phi) is 3.25. The average Bonchev–Trinajstić information content (AvgIpc) is 2.13. The van der Waals surface area contributed by atoms with Gasteiger partial charge in [-0.15, -0.1) is 0 Å². The van der Waals surface area contributed by atoms with Crippen molar-refractivity contribution in [2.75, 3.05) is 33.2 Å². The van der Waals surface area contributed by atoms with Gasteiger partial charge in [0.2, 0.25) is 5.91 Å². The summed E-state index contributed by atoms with van der Waals surface area (Å²) < 4.78 is 0. The van der Waals surface area contributed by atoms with Crippen molar-refractivity contribution in [1.29, 1.82) is 0 Å². The van der Waals surface area contributed by atoms with E-state index in [1.807, 2.05) is 11.9 Å². The molecule has 1 fully saturated rings. The van der Waals surface area contributed by atoms with Gasteiger partial charge in [-0.3, -0.25) is 14.5 Å². The van der Waals surface area contributed by atoms with Gasteiger partial charge >= 0.3 is 5.97 Å². The molecule has 0 aromatic rings. The minimum Gasteiger partial charge on any atom is -0.480 e. The molecule has 1 aliphatic heterocycles. The third-order valence-electron chi connectivity index (χ3n) is 2.05. The first-order valence-electron chi connectivity index (χ1n) is 4.27. The van der Waals surface area contributed by atoms with E-state index in [1.165, 1.54) is 4.90 Å². The van der Waals surface area contributed by atoms with Crippen LogP contribution in [0.5, 0.6) is 0 Å². The molecule has 0 bridgehead atoms. The third-order valence-corrected chi connectivity index (χ3v) is 2.05. The quantitative estimate of drug-likeness (QED) is 0.615. The van der Waals surface area contributed by atoms with Crippen molar-refractivity contribution >= 4 is 11.9 Å². The molecule has 1 rings (SSSR count). The van der Waals surface area contributed by atoms with Crippen LogP contribution >= 0.6 is 0 Å². The predicted molar refractivity (Wildman–Crippen MR) is 46.3 cm³/mol. The summed E-state index contributed by atoms with van der Waals surface area (Å²) in [6.45, 7) is 1.55. The van der Waals surface area contributed by atoms with Gasteiger partial charge in [-0.2, -0.15) is 0 Å². The largest absolute Gasteiger partial charge is 0.480 e. The Morgan fingerprint density at radius 1 is 1.54 bits per heavy atom. The summed E-state index contributed by atoms with van der Waals surface area (Å²) in [5, 5.41) is 8.53. The molecule has 0 unspecified atom stereocenters. The zero-order chi connectivity index (χ0) is 9.84. The van der Waals surface area contributed by atoms with Crippen LogP contribution in [0.15, 0.2) is 0 Å². The Morgan fingerprint density at radius 2 is 2.23 bits per heavy atom. The molecule has 0 spiro atoms. The smallest absolute Gasteiger partial charge is 0.323 e. The van der Waals surface area contributed by atoms with E-state index in [-0.39, 0.29) is 12.5 Å². The van der Waals surface area contributed by atoms with Gasteiger partial charge in [-0.25, -0.2) is 0 Å². The van der Waals surface area contributed by atoms with Crippen LogP contribution in [-0.2, 0) is 9.59 Å². The van der Waals surface area contributed by atoms with Crippen LogP contribution in [0.3, 0.4) is 0 Å². The van der Waals surface area contributed by atoms with Crippen molar-refractivity contribution in [1.82, 2.24) is 9.80 Å². The Labute approximate surface area is 76.9 Å². The molecule has 0 radical (unpaired) electrons. The van der Waals surface area contributed by atoms with Crippen LogP contribution < -0.4 is 0 Å². The van der Waals surface area contributed by atoms with E-state index in [2.05, 4.69) is 0 Å². The lowest BCUT2D eigenvalue weighted by Gasteiger charge is -2.17. The molecule has 1 saturated heterocycles. The SMILES string of the molecule is CN1CCCN(CC(=O)O)C(=O)C1. The zero-order valence-electron chi connectivity index (χ0n) is 7.69. The van der Waals surface area contributed by atoms with Crippen molar-refractivity contribution < 1.29 is 14.7 Å². The second kappa shape index (κ2) is 4.23. The number of likely N-dealkylation sites (N-methyl/N-ethyl adjacent to an activating group) is 1. The molecule has 0 atom stereocenters. The molecule has 1 N–H and O–H groups in total. The lowest BCUT2D eigenvalue weighted by atomic mass is 10.4. The second-order valence-electron chi connectivity index (χ2n) is 3.30. The fourth-order valence-electron chi connectivity index (χ4n) is 1.40. The molecule has 5 heteroatoms. The van der Waals surface area contributed by atoms with Gasteiger partial charge in [0.25, 0.3) is 0 Å². The Balaban J connectivity index is 2.53. The highest BCUT2D eigenvalue weighted by molar-refractivity contribution is 5.82. The third kappa shape index (κ3) is 3.02. The summed E-state index contributed by atoms with van der Waals surface area (Å²) in [6.07, 6.45) is 0.843. The molecule has 74 valence electrons. The molecule has 1 aliphatic rings. The standard InChI is InChI=1S/C8H14N2O3/c1-9-3-2-4-10(6-8(12)13)7(11)5-9/h2-6H2,1H3,(H,12,13). The van der Waals surface area contributed by atoms with E-state index in [4.69, 9.17) is 5.11 Å². The van der Waals surface area contributed by atoms with Gasteiger partial charge in [0.1, 0.15) is 6.54 Å². The van der Waals surface area contributed by atoms with Crippen molar-refractivity contribution in [2.45, 2.75) is 6.42 Å². The summed E-state index contributed by atoms with van der Waals surface area (Å²) in [7, 11) is 1.86. The predicted octanol–water partition coefficient (Wildman–Crippen LogP) is -0.765. The fourth-order valence-corrected chi connectivity index (χ4v) is 1.40. The number of hydrogen-bond donors (Lipinski definition) is 1. The molecular weight excluding hydrogens is 172 g/mol. The minimum atomic E-state index is -0.946. The van der Waals surface area contributed by atoms with E-state index in [1.54, 1.807) is 0 Å². The van der Waals surface area contributed by atoms with Gasteiger partial charge in [0, 0.05) is 13.1 Å². The highest BCUT2D eigenvalue weighted by Gasteiger charge is 2.20. The van der Waals surface area contributed by atoms with Crippen molar-refractivity contribution in [2.24, 2.45) is 0 Å². The summed E-state index contributed by atoms with van der Waals surface area (Å²) >= 11 is 0. The maximum atomic E-state index is 11.4. The zero-order valence-corrected chi connectivity index (χ0v) is 7.69. The van der Waals surface area contributed by atoms with Crippen LogP contribution in [0.4, 0.5) is 0 Å². The highest BCUT2D eigenvalue weighted by Crippen LogP contribution is 2.01. The van der Waals surface area contributed by atoms with E-state index in [0.29, 0.717) is 13.1 Å². The maximum absolute atomic E-state index is 11.4. The van der Waals surface area contributed by atoms with E-state index in [9.17, 15) is 9.59 Å². The lowest BCUT2D eigenvalue weighted by Crippen LogP contribution is -2.38. The van der Waals surface area contributed by atoms with Gasteiger partial charge < -0.3 is 10.0 Å². The first-order chi connectivity index (χ1) is 6.09. The molecule has 13 heavy (non-hydrogen) atoms. The van der Waals surface area contributed by atoms with E-state index < -0.39 is 5.97 Å². The van der Waals surface area contributed by atoms with Gasteiger partial charge in [0.05, 0.1) is 6.54 Å². The number of carbonyl (C=O) groups excluding carboxylic acids is 1. The first kappa shape index (κ1) is 9.98. The number of hydrogen-bond acceptors (Lipinski definition) is 3. The molecule has 0 aliphatic carbocycles. The number of carboxylic acids is 1. The number of carbonyl (C=O) groups is 2. The molecule has 5 nitrogen and oxygen atoms in total. The van der Waals surface area contributed by atoms with Crippen LogP contribution in [0, 0.1) is 0 Å². The molecule has 1 heterocycles. The number of rotatable bonds is 2. The van der Waals surface area contributed by atoms with Gasteiger partial charge in [0.15, 0.2) is 0 Å². The number of amides is 1. The number of nitrogens with zero attached hydrogens (tertiary/aromatic N) is 2. The highest BCUT2D eigenvalue weighted by atomic mass is 16.4. The Morgan fingerprint density at radius 3 is 2.85 bits per heavy atom. The van der Waals surface area contributed by atoms with Crippen molar-refractivity contribution in [3.63, 3.8) is 0 Å². The van der Waals surface area contributed by atoms with Crippen LogP contribution in [-0.4, -0.2) is 60.0 Å². The number of carboxylic acid groups (broad SMARTS) is 1. The Bertz CT molecular complexity index is 217. The molecular formula is C8H14N2O3. The molecule has 0 aromatic heterocycles. The van der Waals surface area contributed by atoms with Crippen molar-refractivity contribution in [3.05, 3.63) is 0 Å². The van der Waals surface area contributed by atoms with Gasteiger partial charge in [-0.05, 0) is 13.5 Å². The van der Waals surface area contributed by atoms with Crippen LogP contribution in [0.25, 0.3) is 0 Å². The lowest BCUT2D eigenvalue weighted by molar-refractivity contribution is -0.144. The van der Waals surface area contributed by atoms with E-state index >= 15 is 0 Å². The maximum Gasteiger partial charge on any atom is 0.323 e. The topological polar surface area (TPSA) is 60.9 Å². The molecule has 0 aromatic carbocycles. The average molecular weight is 186 g/mol. The Hall–Kier alpha value is -1.10. The van der Waals surface area contributed by atoms with Gasteiger partial charge in [-0.1, -0.05) is 0 Å². The first-order valence-corrected chi connectivity index (χ1v) is 4.27. The normalized spacial score (nSPS) is 20.1. The fraction of sp³-hybridized carbons (Fsp3) is 0.750. The minimum absolute atomic E-state index is 0.0950. The number of aliphatic carboxylic acids is 1. The summed E-state index contributed by atoms with van der Waals surface area (Å²) in [6, 6.07) is 0. The van der Waals surface area contributed by atoms with Crippen molar-refractivity contribution in [3.8, 4) is 0 Å².